The highest BCUT2D eigenvalue weighted by molar-refractivity contribution is 7.48. The molecule has 5 aliphatic rings. The first kappa shape index (κ1) is 60.7. The summed E-state index contributed by atoms with van der Waals surface area (Å²) in [5.41, 5.74) is 4.30. The Morgan fingerprint density at radius 1 is 0.689 bits per heavy atom. The zero-order valence-corrected chi connectivity index (χ0v) is 44.6. The minimum atomic E-state index is -4.42. The topological polar surface area (TPSA) is 269 Å². The summed E-state index contributed by atoms with van der Waals surface area (Å²) in [4.78, 5) is 41.8. The van der Waals surface area contributed by atoms with Crippen LogP contribution in [0.5, 0.6) is 0 Å². The van der Waals surface area contributed by atoms with Crippen molar-refractivity contribution in [3.05, 3.63) is 22.7 Å². The number of phosphoric acid groups is 2. The number of hydrogen-bond donors (Lipinski definition) is 2. The predicted octanol–water partition coefficient (Wildman–Crippen LogP) is 7.66. The number of aliphatic hydroxyl groups is 1. The maximum atomic E-state index is 15.1. The van der Waals surface area contributed by atoms with Crippen molar-refractivity contribution in [2.75, 3.05) is 66.2 Å². The Hall–Kier alpha value is -2.54. The molecule has 26 heteroatoms. The minimum absolute atomic E-state index is 0.0318. The number of alkyl halides is 2. The van der Waals surface area contributed by atoms with E-state index in [1.807, 2.05) is 0 Å². The number of esters is 2. The molecule has 4 aliphatic carbocycles. The van der Waals surface area contributed by atoms with Crippen molar-refractivity contribution in [3.8, 4) is 0 Å². The van der Waals surface area contributed by atoms with Gasteiger partial charge in [-0.1, -0.05) is 77.0 Å². The molecular weight excluding hydrogens is 1020 g/mol. The number of ether oxygens (including phenoxy) is 7. The highest BCUT2D eigenvalue weighted by atomic mass is 31.2. The highest BCUT2D eigenvalue weighted by Gasteiger charge is 2.60. The van der Waals surface area contributed by atoms with Gasteiger partial charge in [-0.05, 0) is 57.4 Å². The maximum absolute atomic E-state index is 15.1. The minimum Gasteiger partial charge on any atom is -0.463 e. The van der Waals surface area contributed by atoms with Crippen molar-refractivity contribution in [2.24, 2.45) is 0 Å². The summed E-state index contributed by atoms with van der Waals surface area (Å²) in [5.74, 6) is -6.33. The van der Waals surface area contributed by atoms with Gasteiger partial charge >= 0.3 is 39.2 Å². The normalized spacial score (nSPS) is 25.4. The van der Waals surface area contributed by atoms with Crippen LogP contribution in [0.25, 0.3) is 0 Å². The Bertz CT molecular complexity index is 1930. The molecule has 74 heavy (non-hydrogen) atoms. The molecule has 7 atom stereocenters. The third-order valence-electron chi connectivity index (χ3n) is 13.9. The number of carbonyl (C=O) groups is 2. The van der Waals surface area contributed by atoms with Gasteiger partial charge in [-0.2, -0.15) is 13.8 Å². The van der Waals surface area contributed by atoms with E-state index in [-0.39, 0.29) is 56.7 Å². The van der Waals surface area contributed by atoms with Gasteiger partial charge in [0.05, 0.1) is 76.9 Å². The number of aliphatic hydroxyl groups excluding tert-OH is 1. The van der Waals surface area contributed by atoms with Crippen LogP contribution in [0.4, 0.5) is 14.6 Å². The van der Waals surface area contributed by atoms with Gasteiger partial charge in [0, 0.05) is 20.4 Å². The molecule has 424 valence electrons. The van der Waals surface area contributed by atoms with Crippen LogP contribution in [0.3, 0.4) is 0 Å². The second-order valence-electron chi connectivity index (χ2n) is 19.6. The van der Waals surface area contributed by atoms with Crippen LogP contribution in [0.1, 0.15) is 147 Å². The number of aromatic nitrogens is 2. The van der Waals surface area contributed by atoms with Crippen molar-refractivity contribution in [1.82, 2.24) is 9.55 Å². The van der Waals surface area contributed by atoms with Crippen LogP contribution in [-0.2, 0) is 79.0 Å². The van der Waals surface area contributed by atoms with Crippen molar-refractivity contribution in [2.45, 2.75) is 208 Å². The molecule has 6 rings (SSSR count). The molecule has 0 radical (unpaired) electrons. The molecule has 4 unspecified atom stereocenters. The van der Waals surface area contributed by atoms with Gasteiger partial charge in [0.2, 0.25) is 6.23 Å². The monoisotopic (exact) mass is 1100 g/mol. The summed E-state index contributed by atoms with van der Waals surface area (Å²) < 4.78 is 133. The molecule has 4 saturated carbocycles. The van der Waals surface area contributed by atoms with Crippen LogP contribution in [-0.4, -0.2) is 148 Å². The zero-order chi connectivity index (χ0) is 53.0. The lowest BCUT2D eigenvalue weighted by atomic mass is 9.97. The Morgan fingerprint density at radius 3 is 1.54 bits per heavy atom. The Labute approximate surface area is 432 Å². The van der Waals surface area contributed by atoms with Crippen LogP contribution in [0, 0.1) is 0 Å². The van der Waals surface area contributed by atoms with E-state index in [9.17, 15) is 28.6 Å². The third kappa shape index (κ3) is 19.7. The molecule has 2 heterocycles. The molecular formula is C48H79F2N3O19P2. The average Bonchev–Trinajstić information content (AvgIpc) is 3.64. The second kappa shape index (κ2) is 30.6. The number of anilines is 1. The molecule has 22 nitrogen and oxygen atoms in total. The number of halogens is 2. The van der Waals surface area contributed by atoms with Crippen molar-refractivity contribution in [3.63, 3.8) is 0 Å². The molecule has 5 fully saturated rings. The number of carbonyl (C=O) groups excluding carboxylic acids is 2. The van der Waals surface area contributed by atoms with Gasteiger partial charge in [-0.25, -0.2) is 13.9 Å². The van der Waals surface area contributed by atoms with E-state index in [0.717, 1.165) is 155 Å². The summed E-state index contributed by atoms with van der Waals surface area (Å²) in [6.07, 6.45) is 10.5. The first-order valence-electron chi connectivity index (χ1n) is 26.4. The Morgan fingerprint density at radius 2 is 1.11 bits per heavy atom. The van der Waals surface area contributed by atoms with E-state index < -0.39 is 109 Å². The first-order chi connectivity index (χ1) is 35.6. The molecule has 1 aromatic rings. The number of rotatable bonds is 31. The lowest BCUT2D eigenvalue weighted by Crippen LogP contribution is -2.42. The number of phosphoric ester groups is 2. The van der Waals surface area contributed by atoms with E-state index in [0.29, 0.717) is 4.57 Å². The molecule has 1 aliphatic heterocycles. The third-order valence-corrected chi connectivity index (χ3v) is 16.6. The Kier molecular flexibility index (Phi) is 25.1. The largest absolute Gasteiger partial charge is 0.474 e. The van der Waals surface area contributed by atoms with Crippen molar-refractivity contribution in [1.29, 1.82) is 0 Å². The van der Waals surface area contributed by atoms with Crippen molar-refractivity contribution >= 4 is 33.4 Å². The molecule has 0 spiro atoms. The maximum Gasteiger partial charge on any atom is 0.474 e. The van der Waals surface area contributed by atoms with E-state index in [2.05, 4.69) is 4.98 Å². The lowest BCUT2D eigenvalue weighted by Gasteiger charge is -2.30. The molecule has 3 N–H and O–H groups in total. The van der Waals surface area contributed by atoms with Crippen LogP contribution >= 0.6 is 15.6 Å². The lowest BCUT2D eigenvalue weighted by molar-refractivity contribution is -0.158. The fourth-order valence-corrected chi connectivity index (χ4v) is 11.6. The average molecular weight is 1100 g/mol. The number of nitrogen functional groups attached to an aromatic ring is 1. The second-order valence-corrected chi connectivity index (χ2v) is 23.2. The van der Waals surface area contributed by atoms with E-state index in [1.54, 1.807) is 0 Å². The summed E-state index contributed by atoms with van der Waals surface area (Å²) in [7, 11) is -6.62. The Balaban J connectivity index is 1.07. The molecule has 0 bridgehead atoms. The van der Waals surface area contributed by atoms with Crippen LogP contribution < -0.4 is 11.4 Å². The molecule has 0 amide bonds. The van der Waals surface area contributed by atoms with Gasteiger partial charge in [0.25, 0.3) is 0 Å². The standard InChI is InChI=1S/C48H79F2N3O19P2/c1-60-73(58,65-29-38(69-36-19-11-5-12-20-36)27-62-34-15-7-3-8-16-34)67-31-40(32-68-74(59,61-2)66-30-39(70-37-21-13-6-14-22-37)28-63-35-17-9-4-10-18-35)71-44(55)24-23-43(54)64-33-41-45(56)48(49,50)46(72-41)53-26-25-42(51)52-47(53)57/h25-26,34-41,45-46,56H,3-24,27-33H2,1-2H3,(H2,51,52,57)/t38?,39?,40?,41-,45-,46-,73?,74?/m1/s1. The fraction of sp³-hybridized carbons (Fsp3) is 0.875. The van der Waals surface area contributed by atoms with E-state index >= 15 is 8.78 Å². The zero-order valence-electron chi connectivity index (χ0n) is 42.9. The highest BCUT2D eigenvalue weighted by Crippen LogP contribution is 2.51. The van der Waals surface area contributed by atoms with E-state index in [1.165, 1.54) is 0 Å². The number of nitrogens with two attached hydrogens (primary N) is 1. The van der Waals surface area contributed by atoms with Crippen molar-refractivity contribution < 1.29 is 92.9 Å². The summed E-state index contributed by atoms with van der Waals surface area (Å²) in [5, 5.41) is 10.4. The fourth-order valence-electron chi connectivity index (χ4n) is 9.66. The first-order valence-corrected chi connectivity index (χ1v) is 29.3. The van der Waals surface area contributed by atoms with Gasteiger partial charge in [0.1, 0.15) is 36.8 Å². The molecule has 0 aromatic carbocycles. The van der Waals surface area contributed by atoms with Gasteiger partial charge in [-0.3, -0.25) is 41.3 Å². The quantitative estimate of drug-likeness (QED) is 0.0533. The molecule has 1 aromatic heterocycles. The summed E-state index contributed by atoms with van der Waals surface area (Å²) in [6.45, 7) is -2.36. The van der Waals surface area contributed by atoms with Crippen LogP contribution in [0.15, 0.2) is 17.1 Å². The SMILES string of the molecule is COP(=O)(OCC(COP(=O)(OC)OCC(COC1CCCCC1)OC1CCCCC1)OC(=O)CCC(=O)OC[C@H]1O[C@@H](n2ccc(N)nc2=O)C(F)(F)[C@@H]1O)OCC(COC1CCCCC1)OC1CCCCC1. The number of hydrogen-bond acceptors (Lipinski definition) is 21. The van der Waals surface area contributed by atoms with E-state index in [4.69, 9.17) is 66.0 Å². The van der Waals surface area contributed by atoms with Gasteiger partial charge in [0.15, 0.2) is 6.10 Å². The van der Waals surface area contributed by atoms with Gasteiger partial charge < -0.3 is 44.0 Å². The number of nitrogens with zero attached hydrogens (tertiary/aromatic N) is 2. The smallest absolute Gasteiger partial charge is 0.463 e. The molecule has 1 saturated heterocycles. The summed E-state index contributed by atoms with van der Waals surface area (Å²) in [6, 6.07) is 1.09. The van der Waals surface area contributed by atoms with Crippen LogP contribution in [0.2, 0.25) is 0 Å². The van der Waals surface area contributed by atoms with Gasteiger partial charge in [-0.15, -0.1) is 0 Å². The predicted molar refractivity (Wildman–Crippen MR) is 260 cm³/mol. The summed E-state index contributed by atoms with van der Waals surface area (Å²) >= 11 is 0.